The summed E-state index contributed by atoms with van der Waals surface area (Å²) < 4.78 is 52.4. The van der Waals surface area contributed by atoms with Crippen molar-refractivity contribution in [1.82, 2.24) is 15.2 Å². The highest BCUT2D eigenvalue weighted by atomic mass is 32.2. The van der Waals surface area contributed by atoms with E-state index in [0.717, 1.165) is 23.3 Å². The van der Waals surface area contributed by atoms with Gasteiger partial charge < -0.3 is 19.7 Å². The van der Waals surface area contributed by atoms with Crippen LogP contribution in [-0.4, -0.2) is 49.9 Å². The minimum absolute atomic E-state index is 0.0517. The summed E-state index contributed by atoms with van der Waals surface area (Å²) in [6.07, 6.45) is 1.88. The van der Waals surface area contributed by atoms with Gasteiger partial charge in [0.05, 0.1) is 24.2 Å². The fourth-order valence-corrected chi connectivity index (χ4v) is 6.01. The molecular weight excluding hydrogens is 647 g/mol. The first-order valence-corrected chi connectivity index (χ1v) is 16.8. The number of sulfonamides is 1. The van der Waals surface area contributed by atoms with E-state index >= 15 is 0 Å². The van der Waals surface area contributed by atoms with Gasteiger partial charge in [0, 0.05) is 24.8 Å². The van der Waals surface area contributed by atoms with Crippen LogP contribution in [0, 0.1) is 5.82 Å². The zero-order chi connectivity index (χ0) is 34.6. The summed E-state index contributed by atoms with van der Waals surface area (Å²) in [6.45, 7) is -0.140. The van der Waals surface area contributed by atoms with Crippen molar-refractivity contribution in [3.8, 4) is 11.5 Å². The van der Waals surface area contributed by atoms with Gasteiger partial charge in [0.25, 0.3) is 15.9 Å². The lowest BCUT2D eigenvalue weighted by atomic mass is 10.0. The Balaban J connectivity index is 1.35. The van der Waals surface area contributed by atoms with Crippen molar-refractivity contribution in [2.45, 2.75) is 30.4 Å². The molecule has 1 heterocycles. The summed E-state index contributed by atoms with van der Waals surface area (Å²) in [4.78, 5) is 33.5. The summed E-state index contributed by atoms with van der Waals surface area (Å²) >= 11 is 0. The maximum Gasteiger partial charge on any atom is 0.261 e. The molecular formula is C37H35FN4O6S. The minimum atomic E-state index is -3.96. The summed E-state index contributed by atoms with van der Waals surface area (Å²) in [5, 5.41) is 2.94. The highest BCUT2D eigenvalue weighted by Crippen LogP contribution is 2.21. The molecule has 5 rings (SSSR count). The normalized spacial score (nSPS) is 11.6. The van der Waals surface area contributed by atoms with Crippen molar-refractivity contribution in [1.29, 1.82) is 0 Å². The topological polar surface area (TPSA) is 127 Å². The van der Waals surface area contributed by atoms with E-state index in [4.69, 9.17) is 9.47 Å². The summed E-state index contributed by atoms with van der Waals surface area (Å²) in [5.74, 6) is -0.410. The standard InChI is InChI=1S/C37H35FN4O6S/c1-47-32-16-10-28(11-17-32)25-42(35(23-27-7-3-2-4-8-27)37(44)40-24-31-9-5-6-22-39-31)36(43)26-48-33-18-20-34(21-19-33)49(45,46)41-30-14-12-29(38)13-15-30/h2-22,35,41H,23-26H2,1H3,(H,40,44)/t35-/m0/s1. The van der Waals surface area contributed by atoms with Crippen LogP contribution in [0.4, 0.5) is 10.1 Å². The lowest BCUT2D eigenvalue weighted by Crippen LogP contribution is -2.51. The van der Waals surface area contributed by atoms with Crippen molar-refractivity contribution in [3.05, 3.63) is 150 Å². The van der Waals surface area contributed by atoms with E-state index in [0.29, 0.717) is 11.4 Å². The number of hydrogen-bond donors (Lipinski definition) is 2. The third-order valence-electron chi connectivity index (χ3n) is 7.55. The lowest BCUT2D eigenvalue weighted by molar-refractivity contribution is -0.142. The maximum absolute atomic E-state index is 14.0. The second kappa shape index (κ2) is 16.4. The predicted octanol–water partition coefficient (Wildman–Crippen LogP) is 5.37. The lowest BCUT2D eigenvalue weighted by Gasteiger charge is -2.31. The Bertz CT molecular complexity index is 1930. The summed E-state index contributed by atoms with van der Waals surface area (Å²) in [7, 11) is -2.40. The number of aromatic nitrogens is 1. The van der Waals surface area contributed by atoms with Crippen LogP contribution < -0.4 is 19.5 Å². The van der Waals surface area contributed by atoms with E-state index in [1.807, 2.05) is 48.5 Å². The van der Waals surface area contributed by atoms with Gasteiger partial charge in [-0.2, -0.15) is 0 Å². The second-order valence-electron chi connectivity index (χ2n) is 11.0. The molecule has 0 spiro atoms. The molecule has 1 atom stereocenters. The Kier molecular flexibility index (Phi) is 11.6. The monoisotopic (exact) mass is 682 g/mol. The number of hydrogen-bond acceptors (Lipinski definition) is 7. The smallest absolute Gasteiger partial charge is 0.261 e. The first-order valence-electron chi connectivity index (χ1n) is 15.4. The predicted molar refractivity (Wildman–Crippen MR) is 183 cm³/mol. The van der Waals surface area contributed by atoms with Crippen molar-refractivity contribution in [2.75, 3.05) is 18.4 Å². The number of nitrogens with zero attached hydrogens (tertiary/aromatic N) is 2. The molecule has 2 amide bonds. The van der Waals surface area contributed by atoms with Gasteiger partial charge in [-0.15, -0.1) is 0 Å². The highest BCUT2D eigenvalue weighted by molar-refractivity contribution is 7.92. The third-order valence-corrected chi connectivity index (χ3v) is 8.94. The molecule has 0 bridgehead atoms. The molecule has 0 unspecified atom stereocenters. The van der Waals surface area contributed by atoms with Gasteiger partial charge in [0.15, 0.2) is 6.61 Å². The Morgan fingerprint density at radius 2 is 1.49 bits per heavy atom. The Labute approximate surface area is 284 Å². The van der Waals surface area contributed by atoms with Crippen molar-refractivity contribution >= 4 is 27.5 Å². The van der Waals surface area contributed by atoms with E-state index < -0.39 is 34.4 Å². The molecule has 2 N–H and O–H groups in total. The Morgan fingerprint density at radius 3 is 2.14 bits per heavy atom. The molecule has 0 radical (unpaired) electrons. The second-order valence-corrected chi connectivity index (χ2v) is 12.7. The number of pyridine rings is 1. The molecule has 0 saturated heterocycles. The number of halogens is 1. The van der Waals surface area contributed by atoms with Crippen LogP contribution >= 0.6 is 0 Å². The highest BCUT2D eigenvalue weighted by Gasteiger charge is 2.31. The van der Waals surface area contributed by atoms with Crippen LogP contribution in [0.5, 0.6) is 11.5 Å². The number of methoxy groups -OCH3 is 1. The first-order chi connectivity index (χ1) is 23.7. The number of rotatable bonds is 15. The molecule has 252 valence electrons. The van der Waals surface area contributed by atoms with Crippen LogP contribution in [0.15, 0.2) is 132 Å². The molecule has 0 aliphatic rings. The van der Waals surface area contributed by atoms with Crippen LogP contribution in [-0.2, 0) is 39.1 Å². The fourth-order valence-electron chi connectivity index (χ4n) is 4.95. The zero-order valence-corrected chi connectivity index (χ0v) is 27.5. The Morgan fingerprint density at radius 1 is 0.816 bits per heavy atom. The average molecular weight is 683 g/mol. The van der Waals surface area contributed by atoms with Crippen molar-refractivity contribution < 1.29 is 31.9 Å². The van der Waals surface area contributed by atoms with Crippen LogP contribution in [0.2, 0.25) is 0 Å². The first kappa shape index (κ1) is 34.6. The summed E-state index contributed by atoms with van der Waals surface area (Å²) in [6, 6.07) is 31.6. The fraction of sp³-hybridized carbons (Fsp3) is 0.162. The number of carbonyl (C=O) groups excluding carboxylic acids is 2. The van der Waals surface area contributed by atoms with Gasteiger partial charge in [-0.25, -0.2) is 12.8 Å². The number of anilines is 1. The molecule has 4 aromatic carbocycles. The molecule has 0 aliphatic heterocycles. The molecule has 0 saturated carbocycles. The van der Waals surface area contributed by atoms with Gasteiger partial charge in [0.1, 0.15) is 23.4 Å². The van der Waals surface area contributed by atoms with Gasteiger partial charge in [-0.3, -0.25) is 19.3 Å². The van der Waals surface area contributed by atoms with E-state index in [-0.39, 0.29) is 41.7 Å². The SMILES string of the molecule is COc1ccc(CN(C(=O)COc2ccc(S(=O)(=O)Nc3ccc(F)cc3)cc2)[C@@H](Cc2ccccc2)C(=O)NCc2ccccn2)cc1. The van der Waals surface area contributed by atoms with E-state index in [1.165, 1.54) is 41.3 Å². The number of nitrogens with one attached hydrogen (secondary N) is 2. The van der Waals surface area contributed by atoms with Gasteiger partial charge in [-0.1, -0.05) is 48.5 Å². The summed E-state index contributed by atoms with van der Waals surface area (Å²) in [5.41, 5.74) is 2.51. The minimum Gasteiger partial charge on any atom is -0.497 e. The van der Waals surface area contributed by atoms with Crippen molar-refractivity contribution in [3.63, 3.8) is 0 Å². The van der Waals surface area contributed by atoms with Gasteiger partial charge >= 0.3 is 0 Å². The number of amides is 2. The zero-order valence-electron chi connectivity index (χ0n) is 26.7. The van der Waals surface area contributed by atoms with E-state index in [9.17, 15) is 22.4 Å². The van der Waals surface area contributed by atoms with E-state index in [1.54, 1.807) is 37.6 Å². The molecule has 1 aromatic heterocycles. The quantitative estimate of drug-likeness (QED) is 0.152. The number of ether oxygens (including phenoxy) is 2. The number of benzene rings is 4. The largest absolute Gasteiger partial charge is 0.497 e. The van der Waals surface area contributed by atoms with Crippen LogP contribution in [0.3, 0.4) is 0 Å². The average Bonchev–Trinajstić information content (AvgIpc) is 3.13. The molecule has 10 nitrogen and oxygen atoms in total. The van der Waals surface area contributed by atoms with Crippen molar-refractivity contribution in [2.24, 2.45) is 0 Å². The Hall–Kier alpha value is -5.75. The van der Waals surface area contributed by atoms with E-state index in [2.05, 4.69) is 15.0 Å². The molecule has 0 aliphatic carbocycles. The molecule has 5 aromatic rings. The van der Waals surface area contributed by atoms with Gasteiger partial charge in [0.2, 0.25) is 5.91 Å². The van der Waals surface area contributed by atoms with Gasteiger partial charge in [-0.05, 0) is 83.9 Å². The van der Waals surface area contributed by atoms with Crippen LogP contribution in [0.1, 0.15) is 16.8 Å². The molecule has 0 fully saturated rings. The maximum atomic E-state index is 14.0. The van der Waals surface area contributed by atoms with Crippen LogP contribution in [0.25, 0.3) is 0 Å². The molecule has 12 heteroatoms. The third kappa shape index (κ3) is 9.88. The number of carbonyl (C=O) groups is 2. The molecule has 49 heavy (non-hydrogen) atoms.